The van der Waals surface area contributed by atoms with E-state index in [1.807, 2.05) is 25.1 Å². The van der Waals surface area contributed by atoms with E-state index in [0.717, 1.165) is 32.4 Å². The zero-order valence-corrected chi connectivity index (χ0v) is 10.9. The van der Waals surface area contributed by atoms with Gasteiger partial charge in [0.2, 0.25) is 0 Å². The van der Waals surface area contributed by atoms with Crippen LogP contribution in [0.4, 0.5) is 0 Å². The third-order valence-electron chi connectivity index (χ3n) is 3.67. The summed E-state index contributed by atoms with van der Waals surface area (Å²) in [5.41, 5.74) is 0.919. The maximum atomic E-state index is 12.1. The monoisotopic (exact) mass is 247 g/mol. The molecule has 0 spiro atoms. The van der Waals surface area contributed by atoms with Crippen molar-refractivity contribution in [1.82, 2.24) is 5.32 Å². The van der Waals surface area contributed by atoms with Gasteiger partial charge in [-0.05, 0) is 38.4 Å². The fraction of sp³-hybridized carbons (Fsp3) is 0.533. The van der Waals surface area contributed by atoms with Crippen LogP contribution in [0.25, 0.3) is 0 Å². The van der Waals surface area contributed by atoms with Crippen LogP contribution in [0.15, 0.2) is 30.3 Å². The molecule has 1 N–H and O–H groups in total. The lowest BCUT2D eigenvalue weighted by Gasteiger charge is -2.31. The lowest BCUT2D eigenvalue weighted by molar-refractivity contribution is -0.156. The van der Waals surface area contributed by atoms with Gasteiger partial charge in [0.1, 0.15) is 0 Å². The Kier molecular flexibility index (Phi) is 4.37. The molecule has 3 heteroatoms. The van der Waals surface area contributed by atoms with Crippen molar-refractivity contribution in [2.45, 2.75) is 26.2 Å². The van der Waals surface area contributed by atoms with Crippen molar-refractivity contribution in [3.63, 3.8) is 0 Å². The number of rotatable bonds is 4. The predicted molar refractivity (Wildman–Crippen MR) is 71.3 cm³/mol. The molecule has 3 nitrogen and oxygen atoms in total. The van der Waals surface area contributed by atoms with E-state index in [0.29, 0.717) is 6.61 Å². The van der Waals surface area contributed by atoms with Crippen LogP contribution in [0, 0.1) is 5.41 Å². The predicted octanol–water partition coefficient (Wildman–Crippen LogP) is 2.16. The Morgan fingerprint density at radius 3 is 2.61 bits per heavy atom. The Morgan fingerprint density at radius 2 is 1.94 bits per heavy atom. The summed E-state index contributed by atoms with van der Waals surface area (Å²) in [6.45, 7) is 4.30. The standard InChI is InChI=1S/C15H21NO2/c1-15(8-10-16-11-9-15)14(17)18-12-7-13-5-3-2-4-6-13/h2-6,16H,7-12H2,1H3. The molecule has 1 aliphatic rings. The van der Waals surface area contributed by atoms with Gasteiger partial charge in [0, 0.05) is 6.42 Å². The number of ether oxygens (including phenoxy) is 1. The molecule has 0 saturated carbocycles. The molecule has 1 fully saturated rings. The number of piperidine rings is 1. The van der Waals surface area contributed by atoms with Crippen molar-refractivity contribution in [2.75, 3.05) is 19.7 Å². The average molecular weight is 247 g/mol. The third kappa shape index (κ3) is 3.33. The largest absolute Gasteiger partial charge is 0.465 e. The van der Waals surface area contributed by atoms with E-state index < -0.39 is 0 Å². The molecule has 1 aliphatic heterocycles. The highest BCUT2D eigenvalue weighted by molar-refractivity contribution is 5.76. The van der Waals surface area contributed by atoms with Crippen LogP contribution in [0.3, 0.4) is 0 Å². The minimum absolute atomic E-state index is 0.0417. The van der Waals surface area contributed by atoms with E-state index in [-0.39, 0.29) is 11.4 Å². The first kappa shape index (κ1) is 13.1. The summed E-state index contributed by atoms with van der Waals surface area (Å²) in [7, 11) is 0. The maximum absolute atomic E-state index is 12.1. The molecule has 0 unspecified atom stereocenters. The van der Waals surface area contributed by atoms with Crippen LogP contribution in [0.5, 0.6) is 0 Å². The van der Waals surface area contributed by atoms with Gasteiger partial charge in [-0.15, -0.1) is 0 Å². The van der Waals surface area contributed by atoms with Crippen LogP contribution in [-0.4, -0.2) is 25.7 Å². The van der Waals surface area contributed by atoms with E-state index in [1.165, 1.54) is 5.56 Å². The second-order valence-electron chi connectivity index (χ2n) is 5.18. The number of esters is 1. The molecule has 1 aromatic carbocycles. The van der Waals surface area contributed by atoms with Gasteiger partial charge in [-0.25, -0.2) is 0 Å². The maximum Gasteiger partial charge on any atom is 0.311 e. The Hall–Kier alpha value is -1.35. The zero-order chi connectivity index (χ0) is 12.8. The molecule has 0 aromatic heterocycles. The molecule has 0 amide bonds. The fourth-order valence-corrected chi connectivity index (χ4v) is 2.26. The van der Waals surface area contributed by atoms with Crippen molar-refractivity contribution in [1.29, 1.82) is 0 Å². The summed E-state index contributed by atoms with van der Waals surface area (Å²) in [5, 5.41) is 3.27. The van der Waals surface area contributed by atoms with E-state index in [9.17, 15) is 4.79 Å². The lowest BCUT2D eigenvalue weighted by Crippen LogP contribution is -2.41. The van der Waals surface area contributed by atoms with Crippen LogP contribution >= 0.6 is 0 Å². The van der Waals surface area contributed by atoms with Crippen LogP contribution < -0.4 is 5.32 Å². The lowest BCUT2D eigenvalue weighted by atomic mass is 9.81. The molecule has 0 atom stereocenters. The number of benzene rings is 1. The van der Waals surface area contributed by atoms with Gasteiger partial charge in [-0.1, -0.05) is 30.3 Å². The highest BCUT2D eigenvalue weighted by Gasteiger charge is 2.35. The molecule has 1 saturated heterocycles. The first-order valence-electron chi connectivity index (χ1n) is 6.63. The number of nitrogens with one attached hydrogen (secondary N) is 1. The van der Waals surface area contributed by atoms with Crippen LogP contribution in [0.2, 0.25) is 0 Å². The second-order valence-corrected chi connectivity index (χ2v) is 5.18. The number of carbonyl (C=O) groups excluding carboxylic acids is 1. The van der Waals surface area contributed by atoms with Crippen molar-refractivity contribution < 1.29 is 9.53 Å². The highest BCUT2D eigenvalue weighted by Crippen LogP contribution is 2.29. The number of hydrogen-bond acceptors (Lipinski definition) is 3. The minimum Gasteiger partial charge on any atom is -0.465 e. The molecule has 0 aliphatic carbocycles. The second kappa shape index (κ2) is 6.01. The van der Waals surface area contributed by atoms with Gasteiger partial charge in [0.05, 0.1) is 12.0 Å². The molecule has 0 radical (unpaired) electrons. The topological polar surface area (TPSA) is 38.3 Å². The molecular weight excluding hydrogens is 226 g/mol. The smallest absolute Gasteiger partial charge is 0.311 e. The van der Waals surface area contributed by atoms with Gasteiger partial charge < -0.3 is 10.1 Å². The Labute approximate surface area is 109 Å². The third-order valence-corrected chi connectivity index (χ3v) is 3.67. The van der Waals surface area contributed by atoms with E-state index in [4.69, 9.17) is 4.74 Å². The summed E-state index contributed by atoms with van der Waals surface area (Å²) in [6, 6.07) is 10.1. The Balaban J connectivity index is 1.78. The molecule has 1 aromatic rings. The molecule has 2 rings (SSSR count). The Bertz CT molecular complexity index is 383. The summed E-state index contributed by atoms with van der Waals surface area (Å²) in [4.78, 5) is 12.1. The van der Waals surface area contributed by atoms with Crippen molar-refractivity contribution in [2.24, 2.45) is 5.41 Å². The van der Waals surface area contributed by atoms with Gasteiger partial charge in [-0.3, -0.25) is 4.79 Å². The van der Waals surface area contributed by atoms with Crippen LogP contribution in [-0.2, 0) is 16.0 Å². The SMILES string of the molecule is CC1(C(=O)OCCc2ccccc2)CCNCC1. The first-order valence-corrected chi connectivity index (χ1v) is 6.63. The zero-order valence-electron chi connectivity index (χ0n) is 10.9. The molecule has 1 heterocycles. The minimum atomic E-state index is -0.290. The van der Waals surface area contributed by atoms with Gasteiger partial charge >= 0.3 is 5.97 Å². The number of carbonyl (C=O) groups is 1. The molecule has 98 valence electrons. The summed E-state index contributed by atoms with van der Waals surface area (Å²) in [5.74, 6) is -0.0417. The average Bonchev–Trinajstić information content (AvgIpc) is 2.41. The van der Waals surface area contributed by atoms with Crippen molar-refractivity contribution >= 4 is 5.97 Å². The molecular formula is C15H21NO2. The van der Waals surface area contributed by atoms with E-state index >= 15 is 0 Å². The quantitative estimate of drug-likeness (QED) is 0.829. The summed E-state index contributed by atoms with van der Waals surface area (Å²) in [6.07, 6.45) is 2.54. The fourth-order valence-electron chi connectivity index (χ4n) is 2.26. The molecule has 18 heavy (non-hydrogen) atoms. The highest BCUT2D eigenvalue weighted by atomic mass is 16.5. The molecule has 0 bridgehead atoms. The van der Waals surface area contributed by atoms with Crippen molar-refractivity contribution in [3.8, 4) is 0 Å². The van der Waals surface area contributed by atoms with Gasteiger partial charge in [-0.2, -0.15) is 0 Å². The first-order chi connectivity index (χ1) is 8.71. The van der Waals surface area contributed by atoms with E-state index in [2.05, 4.69) is 17.4 Å². The van der Waals surface area contributed by atoms with Crippen LogP contribution in [0.1, 0.15) is 25.3 Å². The summed E-state index contributed by atoms with van der Waals surface area (Å²) >= 11 is 0. The van der Waals surface area contributed by atoms with Gasteiger partial charge in [0.25, 0.3) is 0 Å². The van der Waals surface area contributed by atoms with E-state index in [1.54, 1.807) is 0 Å². The normalized spacial score (nSPS) is 18.3. The summed E-state index contributed by atoms with van der Waals surface area (Å²) < 4.78 is 5.42. The van der Waals surface area contributed by atoms with Gasteiger partial charge in [0.15, 0.2) is 0 Å². The number of hydrogen-bond donors (Lipinski definition) is 1. The Morgan fingerprint density at radius 1 is 1.28 bits per heavy atom. The van der Waals surface area contributed by atoms with Crippen molar-refractivity contribution in [3.05, 3.63) is 35.9 Å².